The van der Waals surface area contributed by atoms with Gasteiger partial charge in [0.2, 0.25) is 0 Å². The number of hydrogen-bond donors (Lipinski definition) is 2. The van der Waals surface area contributed by atoms with Crippen LogP contribution in [-0.2, 0) is 13.7 Å². The third kappa shape index (κ3) is 1.97. The van der Waals surface area contributed by atoms with Crippen molar-refractivity contribution in [2.75, 3.05) is 0 Å². The van der Waals surface area contributed by atoms with E-state index in [0.717, 1.165) is 0 Å². The second-order valence-corrected chi connectivity index (χ2v) is 1.31. The van der Waals surface area contributed by atoms with E-state index in [0.29, 0.717) is 0 Å². The Labute approximate surface area is 51.9 Å². The molecule has 0 spiro atoms. The van der Waals surface area contributed by atoms with E-state index in [9.17, 15) is 5.02 Å². The van der Waals surface area contributed by atoms with Crippen molar-refractivity contribution in [1.29, 1.82) is 0 Å². The van der Waals surface area contributed by atoms with Crippen molar-refractivity contribution < 1.29 is 28.8 Å². The molecule has 0 bridgehead atoms. The Morgan fingerprint density at radius 3 is 1.78 bits per heavy atom. The molecule has 6 nitrogen and oxygen atoms in total. The van der Waals surface area contributed by atoms with Gasteiger partial charge in [-0.3, -0.25) is 0 Å². The van der Waals surface area contributed by atoms with Crippen molar-refractivity contribution in [2.45, 2.75) is 0 Å². The predicted octanol–water partition coefficient (Wildman–Crippen LogP) is -3.65. The lowest BCUT2D eigenvalue weighted by Crippen LogP contribution is -2.55. The molecule has 1 rings (SSSR count). The normalized spacial score (nSPS) is 21.0. The van der Waals surface area contributed by atoms with E-state index in [1.54, 1.807) is 0 Å². The van der Waals surface area contributed by atoms with E-state index >= 15 is 0 Å². The van der Waals surface area contributed by atoms with Crippen LogP contribution in [0.5, 0.6) is 0 Å². The summed E-state index contributed by atoms with van der Waals surface area (Å²) in [5.41, 5.74) is 0. The molecule has 1 aliphatic rings. The minimum Gasteiger partial charge on any atom is -0.833 e. The van der Waals surface area contributed by atoms with Gasteiger partial charge in [-0.2, -0.15) is 0 Å². The summed E-state index contributed by atoms with van der Waals surface area (Å²) in [5.74, 6) is 0. The molecule has 0 aromatic rings. The molecule has 48 valence electrons. The predicted molar refractivity (Wildman–Crippen MR) is 25.0 cm³/mol. The second kappa shape index (κ2) is 2.69. The summed E-state index contributed by atoms with van der Waals surface area (Å²) >= 11 is 0. The molecule has 0 aromatic heterocycles. The maximum Gasteiger partial charge on any atom is 0.609 e. The largest absolute Gasteiger partial charge is 0.833 e. The van der Waals surface area contributed by atoms with E-state index in [-0.39, 0.29) is 0 Å². The highest BCUT2D eigenvalue weighted by Crippen LogP contribution is 1.98. The van der Waals surface area contributed by atoms with Gasteiger partial charge in [-0.15, -0.1) is 0 Å². The first-order valence-corrected chi connectivity index (χ1v) is 2.17. The van der Waals surface area contributed by atoms with E-state index in [4.69, 9.17) is 10.0 Å². The standard InChI is InChI=1S/B3H2O6/c4-1-7-2(5)9-3(6)8-1/h4-5H/q-1. The summed E-state index contributed by atoms with van der Waals surface area (Å²) in [5, 5.41) is 26.9. The summed E-state index contributed by atoms with van der Waals surface area (Å²) in [6.07, 6.45) is 0. The minimum atomic E-state index is -1.89. The van der Waals surface area contributed by atoms with Crippen LogP contribution >= 0.6 is 0 Å². The van der Waals surface area contributed by atoms with Gasteiger partial charge in [0.05, 0.1) is 0 Å². The van der Waals surface area contributed by atoms with Gasteiger partial charge in [0, 0.05) is 0 Å². The molecule has 1 saturated heterocycles. The first kappa shape index (κ1) is 7.07. The number of hydrogen-bond acceptors (Lipinski definition) is 6. The lowest BCUT2D eigenvalue weighted by Gasteiger charge is -2.27. The fourth-order valence-electron chi connectivity index (χ4n) is 0.386. The molecule has 9 heavy (non-hydrogen) atoms. The molecule has 0 radical (unpaired) electrons. The molecule has 0 saturated carbocycles. The highest BCUT2D eigenvalue weighted by Gasteiger charge is 2.34. The van der Waals surface area contributed by atoms with Crippen LogP contribution in [0.25, 0.3) is 0 Å². The monoisotopic (exact) mass is 131 g/mol. The molecule has 0 amide bonds. The van der Waals surface area contributed by atoms with Crippen molar-refractivity contribution in [3.8, 4) is 0 Å². The molecule has 0 aromatic carbocycles. The van der Waals surface area contributed by atoms with Gasteiger partial charge in [-0.1, -0.05) is 0 Å². The van der Waals surface area contributed by atoms with E-state index < -0.39 is 22.0 Å². The first-order chi connectivity index (χ1) is 4.18. The van der Waals surface area contributed by atoms with Crippen LogP contribution in [0.3, 0.4) is 0 Å². The zero-order valence-electron chi connectivity index (χ0n) is 4.26. The molecule has 2 N–H and O–H groups in total. The third-order valence-electron chi connectivity index (χ3n) is 0.688. The maximum atomic E-state index is 10.1. The van der Waals surface area contributed by atoms with Crippen LogP contribution in [0.15, 0.2) is 0 Å². The molecule has 1 heterocycles. The Balaban J connectivity index is 2.34. The molecule has 0 aliphatic carbocycles. The SMILES string of the molecule is [O-]B1OB(O)OB(O)O1. The van der Waals surface area contributed by atoms with Crippen LogP contribution in [0, 0.1) is 0 Å². The molecule has 1 fully saturated rings. The average molecular weight is 130 g/mol. The van der Waals surface area contributed by atoms with Crippen molar-refractivity contribution in [3.05, 3.63) is 0 Å². The summed E-state index contributed by atoms with van der Waals surface area (Å²) in [6, 6.07) is 0. The summed E-state index contributed by atoms with van der Waals surface area (Å²) in [7, 11) is -5.28. The molecule has 9 heteroatoms. The molecule has 0 atom stereocenters. The quantitative estimate of drug-likeness (QED) is 0.329. The Kier molecular flexibility index (Phi) is 2.11. The highest BCUT2D eigenvalue weighted by molar-refractivity contribution is 6.64. The van der Waals surface area contributed by atoms with E-state index in [1.807, 2.05) is 0 Å². The Morgan fingerprint density at radius 1 is 1.00 bits per heavy atom. The van der Waals surface area contributed by atoms with Crippen molar-refractivity contribution >= 4 is 22.0 Å². The third-order valence-corrected chi connectivity index (χ3v) is 0.688. The average Bonchev–Trinajstić information content (AvgIpc) is 1.59. The van der Waals surface area contributed by atoms with Crippen molar-refractivity contribution in [3.63, 3.8) is 0 Å². The smallest absolute Gasteiger partial charge is 0.609 e. The fourth-order valence-corrected chi connectivity index (χ4v) is 0.386. The second-order valence-electron chi connectivity index (χ2n) is 1.31. The maximum absolute atomic E-state index is 10.1. The lowest BCUT2D eigenvalue weighted by molar-refractivity contribution is -0.243. The van der Waals surface area contributed by atoms with Crippen LogP contribution in [0.4, 0.5) is 0 Å². The van der Waals surface area contributed by atoms with Gasteiger partial charge in [0.15, 0.2) is 0 Å². The summed E-state index contributed by atoms with van der Waals surface area (Å²) in [4.78, 5) is 0. The molecule has 1 aliphatic heterocycles. The first-order valence-electron chi connectivity index (χ1n) is 2.17. The summed E-state index contributed by atoms with van der Waals surface area (Å²) < 4.78 is 11.9. The van der Waals surface area contributed by atoms with Crippen LogP contribution in [0.1, 0.15) is 0 Å². The topological polar surface area (TPSA) is 91.2 Å². The fraction of sp³-hybridized carbons (Fsp3) is 0. The highest BCUT2D eigenvalue weighted by atomic mass is 16.8. The lowest BCUT2D eigenvalue weighted by atomic mass is 9.98. The van der Waals surface area contributed by atoms with Gasteiger partial charge in [0.1, 0.15) is 0 Å². The minimum absolute atomic E-state index is 1.70. The zero-order chi connectivity index (χ0) is 6.85. The van der Waals surface area contributed by atoms with E-state index in [1.165, 1.54) is 0 Å². The van der Waals surface area contributed by atoms with Gasteiger partial charge in [-0.25, -0.2) is 0 Å². The van der Waals surface area contributed by atoms with Crippen LogP contribution in [-0.4, -0.2) is 32.0 Å². The summed E-state index contributed by atoms with van der Waals surface area (Å²) in [6.45, 7) is 0. The molecule has 0 unspecified atom stereocenters. The van der Waals surface area contributed by atoms with Crippen LogP contribution in [0.2, 0.25) is 0 Å². The van der Waals surface area contributed by atoms with Gasteiger partial charge >= 0.3 is 22.0 Å². The van der Waals surface area contributed by atoms with Gasteiger partial charge in [0.25, 0.3) is 0 Å². The van der Waals surface area contributed by atoms with Crippen molar-refractivity contribution in [2.24, 2.45) is 0 Å². The van der Waals surface area contributed by atoms with Crippen LogP contribution < -0.4 is 5.02 Å². The molecular formula is H2B3O6-. The van der Waals surface area contributed by atoms with Gasteiger partial charge in [-0.05, 0) is 0 Å². The van der Waals surface area contributed by atoms with E-state index in [2.05, 4.69) is 13.7 Å². The molecular weight excluding hydrogens is 128 g/mol. The zero-order valence-corrected chi connectivity index (χ0v) is 4.26. The number of rotatable bonds is 0. The Bertz CT molecular complexity index is 69.3. The van der Waals surface area contributed by atoms with Gasteiger partial charge < -0.3 is 28.8 Å². The van der Waals surface area contributed by atoms with Crippen molar-refractivity contribution in [1.82, 2.24) is 0 Å². The Hall–Kier alpha value is -0.0452. The Morgan fingerprint density at radius 2 is 1.44 bits per heavy atom.